The molecule has 1 amide bonds. The highest BCUT2D eigenvalue weighted by Gasteiger charge is 2.20. The maximum Gasteiger partial charge on any atom is 0.273 e. The minimum Gasteiger partial charge on any atom is -0.364 e. The van der Waals surface area contributed by atoms with Crippen LogP contribution in [0.4, 0.5) is 17.5 Å². The van der Waals surface area contributed by atoms with E-state index in [1.807, 2.05) is 22.9 Å². The van der Waals surface area contributed by atoms with Gasteiger partial charge in [0.2, 0.25) is 5.95 Å². The second-order valence-corrected chi connectivity index (χ2v) is 6.04. The predicted octanol–water partition coefficient (Wildman–Crippen LogP) is 1.83. The summed E-state index contributed by atoms with van der Waals surface area (Å²) in [6.07, 6.45) is 5.68. The Balaban J connectivity index is 1.67. The Hall–Kier alpha value is -3.23. The van der Waals surface area contributed by atoms with Gasteiger partial charge in [0.15, 0.2) is 11.5 Å². The molecule has 0 radical (unpaired) electrons. The molecule has 2 aromatic heterocycles. The molecule has 4 rings (SSSR count). The van der Waals surface area contributed by atoms with E-state index < -0.39 is 5.91 Å². The molecule has 4 N–H and O–H groups in total. The first-order valence-electron chi connectivity index (χ1n) is 8.12. The molecule has 1 aliphatic rings. The maximum absolute atomic E-state index is 11.5. The molecule has 0 unspecified atom stereocenters. The lowest BCUT2D eigenvalue weighted by molar-refractivity contribution is 0.0995. The SMILES string of the molecule is CNc1nnc(C(N)=O)c(Nc2ccc3nn(C4CCC4)cc3c2)n1. The number of aromatic nitrogens is 5. The first kappa shape index (κ1) is 15.3. The van der Waals surface area contributed by atoms with Gasteiger partial charge in [-0.25, -0.2) is 0 Å². The van der Waals surface area contributed by atoms with Gasteiger partial charge in [-0.1, -0.05) is 0 Å². The van der Waals surface area contributed by atoms with Crippen LogP contribution in [0.25, 0.3) is 10.9 Å². The van der Waals surface area contributed by atoms with Crippen LogP contribution in [0.2, 0.25) is 0 Å². The Labute approximate surface area is 143 Å². The van der Waals surface area contributed by atoms with Crippen molar-refractivity contribution in [2.45, 2.75) is 25.3 Å². The molecule has 0 spiro atoms. The van der Waals surface area contributed by atoms with Gasteiger partial charge in [-0.15, -0.1) is 10.2 Å². The Bertz CT molecular complexity index is 946. The molecule has 1 aromatic carbocycles. The van der Waals surface area contributed by atoms with Gasteiger partial charge in [0.05, 0.1) is 11.6 Å². The quantitative estimate of drug-likeness (QED) is 0.648. The monoisotopic (exact) mass is 338 g/mol. The minimum absolute atomic E-state index is 0.00994. The summed E-state index contributed by atoms with van der Waals surface area (Å²) in [4.78, 5) is 15.8. The van der Waals surface area contributed by atoms with Gasteiger partial charge in [0, 0.05) is 24.3 Å². The van der Waals surface area contributed by atoms with Gasteiger partial charge in [-0.2, -0.15) is 10.1 Å². The number of nitrogens with two attached hydrogens (primary N) is 1. The molecule has 0 aliphatic heterocycles. The summed E-state index contributed by atoms with van der Waals surface area (Å²) >= 11 is 0. The summed E-state index contributed by atoms with van der Waals surface area (Å²) in [5, 5.41) is 19.1. The van der Waals surface area contributed by atoms with Crippen molar-refractivity contribution in [2.24, 2.45) is 5.73 Å². The van der Waals surface area contributed by atoms with E-state index in [0.717, 1.165) is 16.6 Å². The summed E-state index contributed by atoms with van der Waals surface area (Å²) in [5.74, 6) is -0.131. The van der Waals surface area contributed by atoms with Crippen LogP contribution in [0.3, 0.4) is 0 Å². The Morgan fingerprint density at radius 2 is 2.16 bits per heavy atom. The molecule has 1 saturated carbocycles. The van der Waals surface area contributed by atoms with E-state index in [4.69, 9.17) is 5.73 Å². The molecule has 3 aromatic rings. The van der Waals surface area contributed by atoms with Crippen molar-refractivity contribution in [3.05, 3.63) is 30.1 Å². The normalized spacial score (nSPS) is 14.3. The van der Waals surface area contributed by atoms with E-state index in [1.165, 1.54) is 19.3 Å². The van der Waals surface area contributed by atoms with Gasteiger partial charge in [-0.05, 0) is 37.5 Å². The lowest BCUT2D eigenvalue weighted by Crippen LogP contribution is -2.18. The number of benzene rings is 1. The fourth-order valence-electron chi connectivity index (χ4n) is 2.78. The summed E-state index contributed by atoms with van der Waals surface area (Å²) in [6, 6.07) is 6.29. The van der Waals surface area contributed by atoms with Gasteiger partial charge >= 0.3 is 0 Å². The topological polar surface area (TPSA) is 124 Å². The molecule has 25 heavy (non-hydrogen) atoms. The first-order valence-corrected chi connectivity index (χ1v) is 8.12. The average molecular weight is 338 g/mol. The van der Waals surface area contributed by atoms with E-state index in [-0.39, 0.29) is 11.5 Å². The predicted molar refractivity (Wildman–Crippen MR) is 93.8 cm³/mol. The van der Waals surface area contributed by atoms with E-state index in [2.05, 4.69) is 37.1 Å². The largest absolute Gasteiger partial charge is 0.364 e. The standard InChI is InChI=1S/C16H18N8O/c1-18-16-20-15(13(14(17)25)21-22-16)19-10-5-6-12-9(7-10)8-24(23-12)11-3-2-4-11/h5-8,11H,2-4H2,1H3,(H2,17,25)(H2,18,19,20,22). The number of anilines is 3. The molecular weight excluding hydrogens is 320 g/mol. The molecule has 1 aliphatic carbocycles. The number of primary amides is 1. The highest BCUT2D eigenvalue weighted by molar-refractivity contribution is 5.96. The highest BCUT2D eigenvalue weighted by atomic mass is 16.1. The molecule has 9 heteroatoms. The minimum atomic E-state index is -0.691. The molecule has 0 bridgehead atoms. The first-order chi connectivity index (χ1) is 12.1. The molecule has 128 valence electrons. The number of carbonyl (C=O) groups excluding carboxylic acids is 1. The second kappa shape index (κ2) is 6.00. The van der Waals surface area contributed by atoms with Crippen molar-refractivity contribution in [1.29, 1.82) is 0 Å². The zero-order valence-corrected chi connectivity index (χ0v) is 13.7. The number of hydrogen-bond donors (Lipinski definition) is 3. The molecule has 2 heterocycles. The number of hydrogen-bond acceptors (Lipinski definition) is 7. The lowest BCUT2D eigenvalue weighted by atomic mass is 9.93. The number of rotatable bonds is 5. The van der Waals surface area contributed by atoms with E-state index in [9.17, 15) is 4.79 Å². The summed E-state index contributed by atoms with van der Waals surface area (Å²) in [7, 11) is 1.67. The smallest absolute Gasteiger partial charge is 0.273 e. The fourth-order valence-corrected chi connectivity index (χ4v) is 2.78. The Kier molecular flexibility index (Phi) is 3.68. The highest BCUT2D eigenvalue weighted by Crippen LogP contribution is 2.32. The molecule has 0 saturated heterocycles. The van der Waals surface area contributed by atoms with Crippen LogP contribution in [0.1, 0.15) is 35.8 Å². The molecule has 0 atom stereocenters. The Morgan fingerprint density at radius 1 is 1.32 bits per heavy atom. The van der Waals surface area contributed by atoms with Crippen molar-refractivity contribution in [3.8, 4) is 0 Å². The van der Waals surface area contributed by atoms with Gasteiger partial charge in [-0.3, -0.25) is 9.48 Å². The summed E-state index contributed by atoms with van der Waals surface area (Å²) < 4.78 is 2.04. The molecule has 9 nitrogen and oxygen atoms in total. The van der Waals surface area contributed by atoms with Gasteiger partial charge in [0.25, 0.3) is 5.91 Å². The van der Waals surface area contributed by atoms with Crippen LogP contribution >= 0.6 is 0 Å². The van der Waals surface area contributed by atoms with Crippen LogP contribution in [0.5, 0.6) is 0 Å². The number of nitrogens with one attached hydrogen (secondary N) is 2. The zero-order valence-electron chi connectivity index (χ0n) is 13.7. The van der Waals surface area contributed by atoms with E-state index >= 15 is 0 Å². The zero-order chi connectivity index (χ0) is 17.4. The van der Waals surface area contributed by atoms with Crippen molar-refractivity contribution < 1.29 is 4.79 Å². The van der Waals surface area contributed by atoms with Crippen molar-refractivity contribution >= 4 is 34.3 Å². The van der Waals surface area contributed by atoms with Crippen LogP contribution in [0.15, 0.2) is 24.4 Å². The van der Waals surface area contributed by atoms with Gasteiger partial charge in [0.1, 0.15) is 0 Å². The third-order valence-electron chi connectivity index (χ3n) is 4.38. The third kappa shape index (κ3) is 2.84. The van der Waals surface area contributed by atoms with E-state index in [1.54, 1.807) is 7.05 Å². The number of carbonyl (C=O) groups is 1. The van der Waals surface area contributed by atoms with Crippen molar-refractivity contribution in [2.75, 3.05) is 17.7 Å². The van der Waals surface area contributed by atoms with E-state index in [0.29, 0.717) is 12.0 Å². The average Bonchev–Trinajstić information content (AvgIpc) is 2.95. The van der Waals surface area contributed by atoms with Crippen molar-refractivity contribution in [1.82, 2.24) is 25.0 Å². The third-order valence-corrected chi connectivity index (χ3v) is 4.38. The number of amides is 1. The number of fused-ring (bicyclic) bond motifs is 1. The maximum atomic E-state index is 11.5. The van der Waals surface area contributed by atoms with Crippen LogP contribution in [-0.4, -0.2) is 37.9 Å². The van der Waals surface area contributed by atoms with Crippen molar-refractivity contribution in [3.63, 3.8) is 0 Å². The van der Waals surface area contributed by atoms with Crippen LogP contribution in [-0.2, 0) is 0 Å². The van der Waals surface area contributed by atoms with Crippen LogP contribution < -0.4 is 16.4 Å². The molecule has 1 fully saturated rings. The van der Waals surface area contributed by atoms with Crippen LogP contribution in [0, 0.1) is 0 Å². The van der Waals surface area contributed by atoms with Gasteiger partial charge < -0.3 is 16.4 Å². The summed E-state index contributed by atoms with van der Waals surface area (Å²) in [6.45, 7) is 0. The fraction of sp³-hybridized carbons (Fsp3) is 0.312. The lowest BCUT2D eigenvalue weighted by Gasteiger charge is -2.25. The number of nitrogens with zero attached hydrogens (tertiary/aromatic N) is 5. The molecular formula is C16H18N8O. The second-order valence-electron chi connectivity index (χ2n) is 6.04. The Morgan fingerprint density at radius 3 is 2.84 bits per heavy atom. The summed E-state index contributed by atoms with van der Waals surface area (Å²) in [5.41, 5.74) is 7.05.